The minimum Gasteiger partial charge on any atom is -0.383 e. The fraction of sp³-hybridized carbons (Fsp3) is 0.320. The van der Waals surface area contributed by atoms with E-state index >= 15 is 0 Å². The van der Waals surface area contributed by atoms with Crippen molar-refractivity contribution < 1.29 is 18.3 Å². The van der Waals surface area contributed by atoms with Gasteiger partial charge in [-0.15, -0.1) is 0 Å². The smallest absolute Gasteiger partial charge is 0.320 e. The van der Waals surface area contributed by atoms with Gasteiger partial charge in [0.1, 0.15) is 11.6 Å². The lowest BCUT2D eigenvalue weighted by atomic mass is 9.94. The third-order valence-corrected chi connectivity index (χ3v) is 6.10. The predicted molar refractivity (Wildman–Crippen MR) is 126 cm³/mol. The summed E-state index contributed by atoms with van der Waals surface area (Å²) < 4.78 is 34.1. The number of nitrogens with one attached hydrogen (secondary N) is 2. The lowest BCUT2D eigenvalue weighted by molar-refractivity contribution is 0.159. The fourth-order valence-corrected chi connectivity index (χ4v) is 4.36. The van der Waals surface area contributed by atoms with E-state index in [-0.39, 0.29) is 23.3 Å². The zero-order valence-electron chi connectivity index (χ0n) is 19.5. The first-order chi connectivity index (χ1) is 16.9. The average Bonchev–Trinajstić information content (AvgIpc) is 3.39. The molecule has 0 saturated carbocycles. The predicted octanol–water partition coefficient (Wildman–Crippen LogP) is 3.57. The van der Waals surface area contributed by atoms with E-state index in [9.17, 15) is 18.8 Å². The number of carbonyl (C=O) groups excluding carboxylic acids is 1. The second-order valence-electron chi connectivity index (χ2n) is 8.41. The van der Waals surface area contributed by atoms with E-state index in [1.165, 1.54) is 16.8 Å². The van der Waals surface area contributed by atoms with Crippen molar-refractivity contribution in [2.45, 2.75) is 18.9 Å². The Morgan fingerprint density at radius 3 is 2.66 bits per heavy atom. The lowest BCUT2D eigenvalue weighted by Crippen LogP contribution is -2.42. The molecule has 0 radical (unpaired) electrons. The fourth-order valence-electron chi connectivity index (χ4n) is 4.36. The van der Waals surface area contributed by atoms with Crippen molar-refractivity contribution >= 4 is 11.8 Å². The SMILES string of the molecule is COCCN1CC(NC(=O)Nc2c(C#N)c(C)nn2-c2ccccc2)C(c2ccc(F)c(F)c2)C1. The van der Waals surface area contributed by atoms with E-state index in [0.717, 1.165) is 6.07 Å². The number of anilines is 1. The van der Waals surface area contributed by atoms with Gasteiger partial charge >= 0.3 is 6.03 Å². The Morgan fingerprint density at radius 1 is 1.20 bits per heavy atom. The van der Waals surface area contributed by atoms with Crippen molar-refractivity contribution in [3.05, 3.63) is 77.0 Å². The van der Waals surface area contributed by atoms with Crippen molar-refractivity contribution in [1.29, 1.82) is 5.26 Å². The molecule has 0 bridgehead atoms. The first-order valence-corrected chi connectivity index (χ1v) is 11.2. The van der Waals surface area contributed by atoms with Crippen LogP contribution in [0.3, 0.4) is 0 Å². The van der Waals surface area contributed by atoms with Crippen LogP contribution in [0.4, 0.5) is 19.4 Å². The summed E-state index contributed by atoms with van der Waals surface area (Å²) in [7, 11) is 1.61. The highest BCUT2D eigenvalue weighted by molar-refractivity contribution is 5.90. The number of methoxy groups -OCH3 is 1. The number of likely N-dealkylation sites (tertiary alicyclic amines) is 1. The molecule has 0 spiro atoms. The van der Waals surface area contributed by atoms with Gasteiger partial charge in [0.2, 0.25) is 0 Å². The Hall–Kier alpha value is -3.81. The van der Waals surface area contributed by atoms with Crippen molar-refractivity contribution in [2.75, 3.05) is 38.7 Å². The number of urea groups is 1. The maximum Gasteiger partial charge on any atom is 0.320 e. The van der Waals surface area contributed by atoms with Crippen molar-refractivity contribution in [3.63, 3.8) is 0 Å². The van der Waals surface area contributed by atoms with Crippen LogP contribution >= 0.6 is 0 Å². The Morgan fingerprint density at radius 2 is 1.97 bits per heavy atom. The van der Waals surface area contributed by atoms with E-state index in [2.05, 4.69) is 26.7 Å². The van der Waals surface area contributed by atoms with Crippen LogP contribution in [0.1, 0.15) is 22.7 Å². The van der Waals surface area contributed by atoms with Crippen LogP contribution in [-0.2, 0) is 4.74 Å². The second kappa shape index (κ2) is 10.6. The molecule has 1 aliphatic heterocycles. The molecule has 1 aromatic heterocycles. The third-order valence-electron chi connectivity index (χ3n) is 6.10. The number of rotatable bonds is 7. The van der Waals surface area contributed by atoms with Crippen LogP contribution in [0.5, 0.6) is 0 Å². The molecule has 0 aliphatic carbocycles. The molecular weight excluding hydrogens is 454 g/mol. The number of halogens is 2. The topological polar surface area (TPSA) is 95.2 Å². The van der Waals surface area contributed by atoms with Gasteiger partial charge in [0.15, 0.2) is 17.5 Å². The van der Waals surface area contributed by atoms with Crippen LogP contribution in [0.15, 0.2) is 48.5 Å². The number of para-hydroxylation sites is 1. The normalized spacial score (nSPS) is 17.8. The van der Waals surface area contributed by atoms with Crippen molar-refractivity contribution in [1.82, 2.24) is 20.0 Å². The second-order valence-corrected chi connectivity index (χ2v) is 8.41. The first kappa shape index (κ1) is 24.3. The van der Waals surface area contributed by atoms with Gasteiger partial charge in [-0.2, -0.15) is 10.4 Å². The number of aryl methyl sites for hydroxylation is 1. The summed E-state index contributed by atoms with van der Waals surface area (Å²) >= 11 is 0. The molecule has 2 N–H and O–H groups in total. The molecule has 2 unspecified atom stereocenters. The minimum absolute atomic E-state index is 0.257. The molecule has 1 fully saturated rings. The van der Waals surface area contributed by atoms with E-state index in [1.807, 2.05) is 30.3 Å². The lowest BCUT2D eigenvalue weighted by Gasteiger charge is -2.21. The molecule has 35 heavy (non-hydrogen) atoms. The van der Waals surface area contributed by atoms with Gasteiger partial charge in [0.05, 0.1) is 24.0 Å². The summed E-state index contributed by atoms with van der Waals surface area (Å²) in [5.41, 5.74) is 2.03. The highest BCUT2D eigenvalue weighted by Gasteiger charge is 2.35. The number of carbonyl (C=O) groups is 1. The van der Waals surface area contributed by atoms with Gasteiger partial charge < -0.3 is 10.1 Å². The maximum atomic E-state index is 14.0. The molecule has 182 valence electrons. The highest BCUT2D eigenvalue weighted by Crippen LogP contribution is 2.29. The highest BCUT2D eigenvalue weighted by atomic mass is 19.2. The molecule has 2 amide bonds. The molecule has 8 nitrogen and oxygen atoms in total. The molecule has 2 atom stereocenters. The van der Waals surface area contributed by atoms with Gasteiger partial charge in [-0.1, -0.05) is 24.3 Å². The van der Waals surface area contributed by atoms with Crippen molar-refractivity contribution in [3.8, 4) is 11.8 Å². The number of aromatic nitrogens is 2. The van der Waals surface area contributed by atoms with Crippen molar-refractivity contribution in [2.24, 2.45) is 0 Å². The number of nitrogens with zero attached hydrogens (tertiary/aromatic N) is 4. The molecule has 4 rings (SSSR count). The number of hydrogen-bond donors (Lipinski definition) is 2. The van der Waals surface area contributed by atoms with Crippen LogP contribution in [0.25, 0.3) is 5.69 Å². The van der Waals surface area contributed by atoms with E-state index in [1.54, 1.807) is 14.0 Å². The van der Waals surface area contributed by atoms with E-state index in [0.29, 0.717) is 43.2 Å². The van der Waals surface area contributed by atoms with Crippen LogP contribution in [0, 0.1) is 29.9 Å². The summed E-state index contributed by atoms with van der Waals surface area (Å²) in [6.45, 7) is 3.89. The molecule has 1 aliphatic rings. The summed E-state index contributed by atoms with van der Waals surface area (Å²) in [5, 5.41) is 19.8. The number of amides is 2. The molecule has 10 heteroatoms. The largest absolute Gasteiger partial charge is 0.383 e. The van der Waals surface area contributed by atoms with Gasteiger partial charge in [-0.05, 0) is 36.8 Å². The maximum absolute atomic E-state index is 14.0. The van der Waals surface area contributed by atoms with E-state index < -0.39 is 17.7 Å². The van der Waals surface area contributed by atoms with E-state index in [4.69, 9.17) is 4.74 Å². The molecule has 2 heterocycles. The Kier molecular flexibility index (Phi) is 7.39. The minimum atomic E-state index is -0.929. The zero-order chi connectivity index (χ0) is 24.9. The Balaban J connectivity index is 1.57. The van der Waals surface area contributed by atoms with Gasteiger partial charge in [-0.25, -0.2) is 18.3 Å². The van der Waals surface area contributed by atoms with Gasteiger partial charge in [-0.3, -0.25) is 10.2 Å². The third kappa shape index (κ3) is 5.31. The van der Waals surface area contributed by atoms with Gasteiger partial charge in [0.25, 0.3) is 0 Å². The summed E-state index contributed by atoms with van der Waals surface area (Å²) in [5.74, 6) is -1.85. The number of nitriles is 1. The Labute approximate surface area is 202 Å². The summed E-state index contributed by atoms with van der Waals surface area (Å²) in [6, 6.07) is 14.2. The molecule has 2 aromatic carbocycles. The molecule has 1 saturated heterocycles. The Bertz CT molecular complexity index is 1240. The average molecular weight is 481 g/mol. The summed E-state index contributed by atoms with van der Waals surface area (Å²) in [6.07, 6.45) is 0. The zero-order valence-corrected chi connectivity index (χ0v) is 19.5. The molecular formula is C25H26F2N6O2. The quantitative estimate of drug-likeness (QED) is 0.539. The number of hydrogen-bond acceptors (Lipinski definition) is 5. The number of benzene rings is 2. The van der Waals surface area contributed by atoms with Crippen LogP contribution in [-0.4, -0.2) is 60.1 Å². The summed E-state index contributed by atoms with van der Waals surface area (Å²) in [4.78, 5) is 15.2. The van der Waals surface area contributed by atoms with Crippen LogP contribution in [0.2, 0.25) is 0 Å². The molecule has 3 aromatic rings. The monoisotopic (exact) mass is 480 g/mol. The standard InChI is InChI=1S/C25H26F2N6O2/c1-16-19(13-28)24(33(31-16)18-6-4-3-5-7-18)30-25(34)29-23-15-32(10-11-35-2)14-20(23)17-8-9-21(26)22(27)12-17/h3-9,12,20,23H,10-11,14-15H2,1-2H3,(H2,29,30,34). The van der Waals surface area contributed by atoms with Crippen LogP contribution < -0.4 is 10.6 Å². The number of ether oxygens (including phenoxy) is 1. The van der Waals surface area contributed by atoms with Gasteiger partial charge in [0, 0.05) is 32.7 Å². The first-order valence-electron chi connectivity index (χ1n) is 11.2.